The summed E-state index contributed by atoms with van der Waals surface area (Å²) in [6, 6.07) is 9.34. The van der Waals surface area contributed by atoms with Gasteiger partial charge in [-0.15, -0.1) is 0 Å². The molecule has 7 nitrogen and oxygen atoms in total. The van der Waals surface area contributed by atoms with Crippen LogP contribution in [0.1, 0.15) is 16.7 Å². The number of fused-ring (bicyclic) bond motifs is 1. The normalized spacial score (nSPS) is 16.5. The van der Waals surface area contributed by atoms with Crippen molar-refractivity contribution in [2.45, 2.75) is 30.8 Å². The van der Waals surface area contributed by atoms with E-state index in [-0.39, 0.29) is 22.8 Å². The molecule has 1 heterocycles. The van der Waals surface area contributed by atoms with Crippen LogP contribution >= 0.6 is 0 Å². The molecule has 24 heavy (non-hydrogen) atoms. The maximum atomic E-state index is 11.5. The lowest BCUT2D eigenvalue weighted by atomic mass is 10.0. The number of aryl methyl sites for hydroxylation is 1. The van der Waals surface area contributed by atoms with Gasteiger partial charge in [0.2, 0.25) is 5.75 Å². The van der Waals surface area contributed by atoms with Crippen LogP contribution in [-0.4, -0.2) is 24.0 Å². The minimum atomic E-state index is -4.34. The maximum absolute atomic E-state index is 11.5. The number of nitro benzene ring substituents is 1. The lowest BCUT2D eigenvalue weighted by Crippen LogP contribution is -2.18. The Morgan fingerprint density at radius 2 is 2.08 bits per heavy atom. The molecule has 2 aromatic carbocycles. The first-order chi connectivity index (χ1) is 11.3. The highest BCUT2D eigenvalue weighted by Gasteiger charge is 2.31. The van der Waals surface area contributed by atoms with Crippen LogP contribution in [0.5, 0.6) is 5.75 Å². The summed E-state index contributed by atoms with van der Waals surface area (Å²) in [4.78, 5) is 10.4. The van der Waals surface area contributed by atoms with E-state index in [0.29, 0.717) is 12.0 Å². The molecule has 0 fully saturated rings. The van der Waals surface area contributed by atoms with Crippen LogP contribution in [0, 0.1) is 17.0 Å². The van der Waals surface area contributed by atoms with Gasteiger partial charge in [-0.1, -0.05) is 29.8 Å². The molecule has 0 bridgehead atoms. The Labute approximate surface area is 138 Å². The van der Waals surface area contributed by atoms with Gasteiger partial charge in [0.1, 0.15) is 6.10 Å². The van der Waals surface area contributed by atoms with Crippen molar-refractivity contribution in [3.8, 4) is 5.75 Å². The molecule has 1 unspecified atom stereocenters. The van der Waals surface area contributed by atoms with Crippen molar-refractivity contribution in [1.82, 2.24) is 0 Å². The van der Waals surface area contributed by atoms with Crippen LogP contribution in [0.2, 0.25) is 0 Å². The summed E-state index contributed by atoms with van der Waals surface area (Å²) in [6.07, 6.45) is 0.238. The second-order valence-corrected chi connectivity index (χ2v) is 7.15. The molecule has 2 aromatic rings. The minimum Gasteiger partial charge on any atom is -0.483 e. The number of nitro groups is 1. The monoisotopic (exact) mass is 349 g/mol. The van der Waals surface area contributed by atoms with Gasteiger partial charge in [0.25, 0.3) is 10.1 Å². The van der Waals surface area contributed by atoms with E-state index in [9.17, 15) is 23.1 Å². The average Bonchev–Trinajstić information content (AvgIpc) is 2.87. The van der Waals surface area contributed by atoms with Gasteiger partial charge in [-0.3, -0.25) is 14.7 Å². The molecule has 0 radical (unpaired) electrons. The molecule has 0 aliphatic carbocycles. The minimum absolute atomic E-state index is 0.103. The number of nitrogens with zero attached hydrogens (tertiary/aromatic N) is 1. The molecule has 0 saturated heterocycles. The van der Waals surface area contributed by atoms with Crippen LogP contribution in [-0.2, 0) is 23.0 Å². The summed E-state index contributed by atoms with van der Waals surface area (Å²) in [5.74, 6) is 0.230. The second-order valence-electron chi connectivity index (χ2n) is 5.76. The van der Waals surface area contributed by atoms with Crippen molar-refractivity contribution in [3.05, 3.63) is 63.2 Å². The Morgan fingerprint density at radius 1 is 1.33 bits per heavy atom. The Morgan fingerprint density at radius 3 is 2.75 bits per heavy atom. The van der Waals surface area contributed by atoms with Gasteiger partial charge in [0, 0.05) is 24.5 Å². The molecule has 1 N–H and O–H groups in total. The largest absolute Gasteiger partial charge is 0.483 e. The second kappa shape index (κ2) is 5.88. The number of para-hydroxylation sites is 1. The summed E-state index contributed by atoms with van der Waals surface area (Å²) in [5, 5.41) is 11.1. The fourth-order valence-corrected chi connectivity index (χ4v) is 3.66. The van der Waals surface area contributed by atoms with Gasteiger partial charge in [0.15, 0.2) is 0 Å². The standard InChI is InChI=1S/C16H15NO6S/c1-10-5-6-15(24(20,21)22)12(7-10)9-13-8-11-3-2-4-14(17(18)19)16(11)23-13/h2-7,13H,8-9H2,1H3,(H,20,21,22). The smallest absolute Gasteiger partial charge is 0.311 e. The van der Waals surface area contributed by atoms with Crippen molar-refractivity contribution in [1.29, 1.82) is 0 Å². The van der Waals surface area contributed by atoms with Crippen molar-refractivity contribution in [3.63, 3.8) is 0 Å². The highest BCUT2D eigenvalue weighted by atomic mass is 32.2. The molecule has 1 aliphatic heterocycles. The first-order valence-corrected chi connectivity index (χ1v) is 8.69. The highest BCUT2D eigenvalue weighted by Crippen LogP contribution is 2.38. The first-order valence-electron chi connectivity index (χ1n) is 7.25. The van der Waals surface area contributed by atoms with Gasteiger partial charge < -0.3 is 4.74 Å². The quantitative estimate of drug-likeness (QED) is 0.517. The Hall–Kier alpha value is -2.45. The van der Waals surface area contributed by atoms with Crippen molar-refractivity contribution >= 4 is 15.8 Å². The molecule has 3 rings (SSSR count). The van der Waals surface area contributed by atoms with Crippen LogP contribution in [0.4, 0.5) is 5.69 Å². The summed E-state index contributed by atoms with van der Waals surface area (Å²) in [7, 11) is -4.34. The first kappa shape index (κ1) is 16.4. The van der Waals surface area contributed by atoms with Crippen LogP contribution in [0.25, 0.3) is 0 Å². The Kier molecular flexibility index (Phi) is 4.02. The molecule has 1 aliphatic rings. The molecule has 1 atom stereocenters. The van der Waals surface area contributed by atoms with Gasteiger partial charge in [0.05, 0.1) is 9.82 Å². The number of hydrogen-bond acceptors (Lipinski definition) is 5. The summed E-state index contributed by atoms with van der Waals surface area (Å²) in [5.41, 5.74) is 1.89. The highest BCUT2D eigenvalue weighted by molar-refractivity contribution is 7.85. The van der Waals surface area contributed by atoms with Crippen LogP contribution < -0.4 is 4.74 Å². The Balaban J connectivity index is 1.91. The van der Waals surface area contributed by atoms with Gasteiger partial charge in [-0.05, 0) is 18.6 Å². The molecule has 126 valence electrons. The number of rotatable bonds is 4. The molecular weight excluding hydrogens is 334 g/mol. The summed E-state index contributed by atoms with van der Waals surface area (Å²) in [6.45, 7) is 1.81. The van der Waals surface area contributed by atoms with E-state index in [1.54, 1.807) is 24.3 Å². The van der Waals surface area contributed by atoms with E-state index in [1.807, 2.05) is 6.92 Å². The molecule has 8 heteroatoms. The van der Waals surface area contributed by atoms with E-state index in [2.05, 4.69) is 0 Å². The zero-order valence-electron chi connectivity index (χ0n) is 12.8. The third-order valence-electron chi connectivity index (χ3n) is 3.95. The van der Waals surface area contributed by atoms with E-state index >= 15 is 0 Å². The maximum Gasteiger partial charge on any atom is 0.311 e. The van der Waals surface area contributed by atoms with Crippen molar-refractivity contribution in [2.24, 2.45) is 0 Å². The van der Waals surface area contributed by atoms with E-state index in [4.69, 9.17) is 4.74 Å². The molecule has 0 saturated carbocycles. The summed E-state index contributed by atoms with van der Waals surface area (Å²) < 4.78 is 38.1. The topological polar surface area (TPSA) is 107 Å². The van der Waals surface area contributed by atoms with Gasteiger partial charge in [-0.2, -0.15) is 8.42 Å². The molecule has 0 aromatic heterocycles. The fourth-order valence-electron chi connectivity index (χ4n) is 2.94. The van der Waals surface area contributed by atoms with Gasteiger partial charge >= 0.3 is 5.69 Å². The SMILES string of the molecule is Cc1ccc(S(=O)(=O)O)c(CC2Cc3cccc([N+](=O)[O-])c3O2)c1. The lowest BCUT2D eigenvalue weighted by Gasteiger charge is -2.13. The van der Waals surface area contributed by atoms with E-state index < -0.39 is 21.1 Å². The summed E-state index contributed by atoms with van der Waals surface area (Å²) >= 11 is 0. The van der Waals surface area contributed by atoms with E-state index in [1.165, 1.54) is 12.1 Å². The average molecular weight is 349 g/mol. The predicted octanol–water partition coefficient (Wildman–Crippen LogP) is 2.70. The van der Waals surface area contributed by atoms with Crippen LogP contribution in [0.3, 0.4) is 0 Å². The Bertz CT molecular complexity index is 922. The number of benzene rings is 2. The third kappa shape index (κ3) is 3.10. The van der Waals surface area contributed by atoms with Crippen molar-refractivity contribution in [2.75, 3.05) is 0 Å². The number of ether oxygens (including phenoxy) is 1. The zero-order valence-corrected chi connectivity index (χ0v) is 13.6. The number of hydrogen-bond donors (Lipinski definition) is 1. The van der Waals surface area contributed by atoms with E-state index in [0.717, 1.165) is 11.1 Å². The predicted molar refractivity (Wildman–Crippen MR) is 85.9 cm³/mol. The van der Waals surface area contributed by atoms with Crippen molar-refractivity contribution < 1.29 is 22.6 Å². The zero-order chi connectivity index (χ0) is 17.5. The lowest BCUT2D eigenvalue weighted by molar-refractivity contribution is -0.385. The molecule has 0 amide bonds. The molecular formula is C16H15NO6S. The fraction of sp³-hybridized carbons (Fsp3) is 0.250. The molecule has 0 spiro atoms. The van der Waals surface area contributed by atoms with Gasteiger partial charge in [-0.25, -0.2) is 0 Å². The van der Waals surface area contributed by atoms with Crippen LogP contribution in [0.15, 0.2) is 41.3 Å². The third-order valence-corrected chi connectivity index (χ3v) is 4.90.